The molecule has 0 bridgehead atoms. The summed E-state index contributed by atoms with van der Waals surface area (Å²) in [6.07, 6.45) is 0.983. The fraction of sp³-hybridized carbons (Fsp3) is 0.400. The van der Waals surface area contributed by atoms with Gasteiger partial charge in [0.25, 0.3) is 0 Å². The minimum atomic E-state index is 0.270. The van der Waals surface area contributed by atoms with Crippen molar-refractivity contribution in [2.45, 2.75) is 38.8 Å². The third-order valence-corrected chi connectivity index (χ3v) is 4.94. The predicted octanol–water partition coefficient (Wildman–Crippen LogP) is 2.70. The summed E-state index contributed by atoms with van der Waals surface area (Å²) in [7, 11) is 0. The predicted molar refractivity (Wildman–Crippen MR) is 82.5 cm³/mol. The van der Waals surface area contributed by atoms with Crippen LogP contribution >= 0.6 is 11.3 Å². The summed E-state index contributed by atoms with van der Waals surface area (Å²) in [6.45, 7) is 5.13. The van der Waals surface area contributed by atoms with Crippen LogP contribution in [0, 0.1) is 0 Å². The van der Waals surface area contributed by atoms with E-state index in [-0.39, 0.29) is 6.04 Å². The van der Waals surface area contributed by atoms with Gasteiger partial charge >= 0.3 is 0 Å². The zero-order valence-electron chi connectivity index (χ0n) is 12.1. The Morgan fingerprint density at radius 1 is 1.24 bits per heavy atom. The molecule has 0 spiro atoms. The van der Waals surface area contributed by atoms with Crippen molar-refractivity contribution in [2.24, 2.45) is 0 Å². The smallest absolute Gasteiger partial charge is 0.234 e. The van der Waals surface area contributed by atoms with E-state index in [0.29, 0.717) is 5.92 Å². The first kappa shape index (κ1) is 12.9. The highest BCUT2D eigenvalue weighted by Crippen LogP contribution is 2.29. The van der Waals surface area contributed by atoms with Crippen molar-refractivity contribution in [2.75, 3.05) is 0 Å². The lowest BCUT2D eigenvalue weighted by molar-refractivity contribution is 0.491. The number of nitrogens with zero attached hydrogens (tertiary/aromatic N) is 4. The van der Waals surface area contributed by atoms with E-state index >= 15 is 0 Å². The van der Waals surface area contributed by atoms with Crippen molar-refractivity contribution in [3.63, 3.8) is 0 Å². The van der Waals surface area contributed by atoms with Crippen LogP contribution in [0.2, 0.25) is 0 Å². The van der Waals surface area contributed by atoms with Gasteiger partial charge in [-0.05, 0) is 17.5 Å². The molecule has 6 heteroatoms. The van der Waals surface area contributed by atoms with Crippen LogP contribution in [-0.4, -0.2) is 19.8 Å². The highest BCUT2D eigenvalue weighted by molar-refractivity contribution is 7.16. The molecule has 0 amide bonds. The molecule has 1 unspecified atom stereocenters. The van der Waals surface area contributed by atoms with E-state index in [9.17, 15) is 0 Å². The number of nitrogens with one attached hydrogen (secondary N) is 1. The number of aromatic nitrogens is 4. The van der Waals surface area contributed by atoms with Gasteiger partial charge in [0.2, 0.25) is 4.96 Å². The highest BCUT2D eigenvalue weighted by atomic mass is 32.1. The molecule has 1 aliphatic heterocycles. The normalized spacial score (nSPS) is 18.3. The van der Waals surface area contributed by atoms with E-state index in [2.05, 4.69) is 53.6 Å². The first-order valence-electron chi connectivity index (χ1n) is 7.24. The lowest BCUT2D eigenvalue weighted by Crippen LogP contribution is -2.28. The second-order valence-electron chi connectivity index (χ2n) is 5.75. The molecule has 4 rings (SSSR count). The van der Waals surface area contributed by atoms with Gasteiger partial charge in [-0.15, -0.1) is 10.2 Å². The van der Waals surface area contributed by atoms with Crippen LogP contribution in [0.5, 0.6) is 0 Å². The molecule has 0 radical (unpaired) electrons. The van der Waals surface area contributed by atoms with Crippen molar-refractivity contribution >= 4 is 16.3 Å². The molecular formula is C15H17N5S. The van der Waals surface area contributed by atoms with Crippen molar-refractivity contribution in [3.05, 3.63) is 46.2 Å². The Bertz CT molecular complexity index is 788. The number of fused-ring (bicyclic) bond motifs is 2. The summed E-state index contributed by atoms with van der Waals surface area (Å²) < 4.78 is 1.90. The summed E-state index contributed by atoms with van der Waals surface area (Å²) in [5.41, 5.74) is 2.80. The lowest BCUT2D eigenvalue weighted by Gasteiger charge is -2.24. The summed E-state index contributed by atoms with van der Waals surface area (Å²) in [5, 5.41) is 17.9. The maximum absolute atomic E-state index is 4.74. The minimum absolute atomic E-state index is 0.270. The lowest BCUT2D eigenvalue weighted by atomic mass is 9.96. The fourth-order valence-corrected chi connectivity index (χ4v) is 3.70. The van der Waals surface area contributed by atoms with Gasteiger partial charge in [-0.3, -0.25) is 0 Å². The van der Waals surface area contributed by atoms with E-state index in [0.717, 1.165) is 28.8 Å². The molecule has 0 fully saturated rings. The van der Waals surface area contributed by atoms with Crippen molar-refractivity contribution in [1.29, 1.82) is 0 Å². The third kappa shape index (κ3) is 2.15. The molecule has 5 nitrogen and oxygen atoms in total. The summed E-state index contributed by atoms with van der Waals surface area (Å²) in [4.78, 5) is 0.884. The topological polar surface area (TPSA) is 55.1 Å². The molecule has 3 heterocycles. The van der Waals surface area contributed by atoms with E-state index < -0.39 is 0 Å². The number of benzene rings is 1. The van der Waals surface area contributed by atoms with E-state index in [4.69, 9.17) is 5.10 Å². The average Bonchev–Trinajstić information content (AvgIpc) is 3.06. The van der Waals surface area contributed by atoms with Gasteiger partial charge in [0.15, 0.2) is 5.82 Å². The van der Waals surface area contributed by atoms with Gasteiger partial charge in [-0.25, -0.2) is 0 Å². The Morgan fingerprint density at radius 3 is 2.86 bits per heavy atom. The van der Waals surface area contributed by atoms with E-state index in [1.165, 1.54) is 11.1 Å². The molecule has 2 aromatic heterocycles. The SMILES string of the molecule is CC(C)c1nnc2sc(C3Cc4ccccc4CN3)nn12. The summed E-state index contributed by atoms with van der Waals surface area (Å²) >= 11 is 1.63. The molecule has 0 saturated heterocycles. The van der Waals surface area contributed by atoms with Gasteiger partial charge in [0, 0.05) is 12.5 Å². The Hall–Kier alpha value is -1.79. The fourth-order valence-electron chi connectivity index (χ4n) is 2.78. The van der Waals surface area contributed by atoms with Crippen LogP contribution in [0.1, 0.15) is 47.8 Å². The van der Waals surface area contributed by atoms with Crippen LogP contribution in [-0.2, 0) is 13.0 Å². The molecule has 0 saturated carbocycles. The molecule has 1 atom stereocenters. The zero-order chi connectivity index (χ0) is 14.4. The van der Waals surface area contributed by atoms with Crippen LogP contribution in [0.25, 0.3) is 4.96 Å². The first-order chi connectivity index (χ1) is 10.2. The summed E-state index contributed by atoms with van der Waals surface area (Å²) in [6, 6.07) is 8.87. The standard InChI is InChI=1S/C15H17N5S/c1-9(2)13-17-18-15-20(13)19-14(21-15)12-7-10-5-3-4-6-11(10)8-16-12/h3-6,9,12,16H,7-8H2,1-2H3. The molecule has 0 aliphatic carbocycles. The molecular weight excluding hydrogens is 282 g/mol. The molecule has 21 heavy (non-hydrogen) atoms. The molecule has 1 aliphatic rings. The van der Waals surface area contributed by atoms with E-state index in [1.807, 2.05) is 4.52 Å². The quantitative estimate of drug-likeness (QED) is 0.790. The molecule has 3 aromatic rings. The maximum Gasteiger partial charge on any atom is 0.234 e. The Labute approximate surface area is 127 Å². The molecule has 1 aromatic carbocycles. The average molecular weight is 299 g/mol. The van der Waals surface area contributed by atoms with Gasteiger partial charge in [-0.2, -0.15) is 9.61 Å². The van der Waals surface area contributed by atoms with Crippen molar-refractivity contribution < 1.29 is 0 Å². The minimum Gasteiger partial charge on any atom is -0.303 e. The Kier molecular flexibility index (Phi) is 3.01. The van der Waals surface area contributed by atoms with Crippen LogP contribution in [0.4, 0.5) is 0 Å². The zero-order valence-corrected chi connectivity index (χ0v) is 12.9. The first-order valence-corrected chi connectivity index (χ1v) is 8.06. The number of hydrogen-bond donors (Lipinski definition) is 1. The largest absolute Gasteiger partial charge is 0.303 e. The van der Waals surface area contributed by atoms with Gasteiger partial charge < -0.3 is 5.32 Å². The van der Waals surface area contributed by atoms with Gasteiger partial charge in [-0.1, -0.05) is 49.4 Å². The summed E-state index contributed by atoms with van der Waals surface area (Å²) in [5.74, 6) is 1.26. The number of rotatable bonds is 2. The second kappa shape index (κ2) is 4.89. The van der Waals surface area contributed by atoms with Gasteiger partial charge in [0.1, 0.15) is 5.01 Å². The van der Waals surface area contributed by atoms with Crippen molar-refractivity contribution in [3.8, 4) is 0 Å². The molecule has 108 valence electrons. The van der Waals surface area contributed by atoms with Crippen molar-refractivity contribution in [1.82, 2.24) is 25.1 Å². The Balaban J connectivity index is 1.68. The van der Waals surface area contributed by atoms with Crippen LogP contribution < -0.4 is 5.32 Å². The van der Waals surface area contributed by atoms with Gasteiger partial charge in [0.05, 0.1) is 6.04 Å². The van der Waals surface area contributed by atoms with Crippen LogP contribution in [0.3, 0.4) is 0 Å². The highest BCUT2D eigenvalue weighted by Gasteiger charge is 2.24. The van der Waals surface area contributed by atoms with E-state index in [1.54, 1.807) is 11.3 Å². The molecule has 1 N–H and O–H groups in total. The number of hydrogen-bond acceptors (Lipinski definition) is 5. The van der Waals surface area contributed by atoms with Crippen LogP contribution in [0.15, 0.2) is 24.3 Å². The monoisotopic (exact) mass is 299 g/mol. The Morgan fingerprint density at radius 2 is 2.05 bits per heavy atom. The third-order valence-electron chi connectivity index (χ3n) is 3.93. The second-order valence-corrected chi connectivity index (χ2v) is 6.74. The maximum atomic E-state index is 4.74.